The van der Waals surface area contributed by atoms with Gasteiger partial charge in [-0.15, -0.1) is 0 Å². The maximum Gasteiger partial charge on any atom is 0.157 e. The SMILES string of the molecule is C=CC(=C)NC(=Nc1cc(C)ccn1)c1c(C)c(-c2ccn[nH]2)cn1C. The molecule has 132 valence electrons. The van der Waals surface area contributed by atoms with Crippen molar-refractivity contribution in [2.45, 2.75) is 13.8 Å². The molecule has 6 heteroatoms. The highest BCUT2D eigenvalue weighted by Gasteiger charge is 2.18. The zero-order valence-electron chi connectivity index (χ0n) is 15.2. The molecule has 0 aliphatic carbocycles. The van der Waals surface area contributed by atoms with Gasteiger partial charge in [0.15, 0.2) is 11.7 Å². The summed E-state index contributed by atoms with van der Waals surface area (Å²) >= 11 is 0. The number of allylic oxidation sites excluding steroid dienone is 1. The van der Waals surface area contributed by atoms with Crippen LogP contribution in [0.5, 0.6) is 0 Å². The van der Waals surface area contributed by atoms with E-state index in [1.165, 1.54) is 0 Å². The van der Waals surface area contributed by atoms with Gasteiger partial charge in [0.1, 0.15) is 0 Å². The van der Waals surface area contributed by atoms with E-state index in [4.69, 9.17) is 4.99 Å². The second-order valence-electron chi connectivity index (χ2n) is 6.10. The molecule has 0 saturated heterocycles. The fourth-order valence-electron chi connectivity index (χ4n) is 2.81. The summed E-state index contributed by atoms with van der Waals surface area (Å²) in [7, 11) is 1.99. The second kappa shape index (κ2) is 7.23. The van der Waals surface area contributed by atoms with E-state index >= 15 is 0 Å². The van der Waals surface area contributed by atoms with Gasteiger partial charge in [-0.3, -0.25) is 5.10 Å². The molecule has 0 saturated carbocycles. The average Bonchev–Trinajstić information content (AvgIpc) is 3.22. The molecule has 0 radical (unpaired) electrons. The van der Waals surface area contributed by atoms with Crippen LogP contribution in [0.1, 0.15) is 16.8 Å². The molecular weight excluding hydrogens is 324 g/mol. The molecule has 0 aliphatic heterocycles. The minimum Gasteiger partial charge on any atom is -0.347 e. The lowest BCUT2D eigenvalue weighted by atomic mass is 10.1. The van der Waals surface area contributed by atoms with Crippen molar-refractivity contribution in [2.75, 3.05) is 0 Å². The Labute approximate surface area is 153 Å². The van der Waals surface area contributed by atoms with E-state index in [-0.39, 0.29) is 0 Å². The summed E-state index contributed by atoms with van der Waals surface area (Å²) in [6.45, 7) is 11.8. The maximum atomic E-state index is 4.73. The molecule has 3 aromatic heterocycles. The first-order valence-electron chi connectivity index (χ1n) is 8.25. The molecule has 3 aromatic rings. The number of nitrogens with one attached hydrogen (secondary N) is 2. The molecular formula is C20H22N6. The van der Waals surface area contributed by atoms with E-state index in [0.29, 0.717) is 17.4 Å². The summed E-state index contributed by atoms with van der Waals surface area (Å²) in [4.78, 5) is 9.08. The normalized spacial score (nSPS) is 11.4. The van der Waals surface area contributed by atoms with Crippen LogP contribution in [-0.2, 0) is 7.05 Å². The number of aliphatic imine (C=N–C) groups is 1. The van der Waals surface area contributed by atoms with E-state index in [0.717, 1.165) is 28.1 Å². The molecule has 0 aliphatic rings. The summed E-state index contributed by atoms with van der Waals surface area (Å²) in [6, 6.07) is 5.83. The van der Waals surface area contributed by atoms with Crippen molar-refractivity contribution in [2.24, 2.45) is 12.0 Å². The first-order valence-corrected chi connectivity index (χ1v) is 8.25. The van der Waals surface area contributed by atoms with E-state index in [2.05, 4.69) is 46.8 Å². The van der Waals surface area contributed by atoms with Crippen LogP contribution < -0.4 is 5.32 Å². The predicted molar refractivity (Wildman–Crippen MR) is 105 cm³/mol. The van der Waals surface area contributed by atoms with Gasteiger partial charge in [-0.25, -0.2) is 9.98 Å². The Kier molecular flexibility index (Phi) is 4.84. The smallest absolute Gasteiger partial charge is 0.157 e. The van der Waals surface area contributed by atoms with Crippen LogP contribution in [0.4, 0.5) is 5.82 Å². The zero-order valence-corrected chi connectivity index (χ0v) is 15.2. The number of amidine groups is 1. The van der Waals surface area contributed by atoms with E-state index in [1.807, 2.05) is 36.7 Å². The van der Waals surface area contributed by atoms with E-state index < -0.39 is 0 Å². The third-order valence-electron chi connectivity index (χ3n) is 4.10. The number of hydrogen-bond acceptors (Lipinski definition) is 3. The Balaban J connectivity index is 2.13. The maximum absolute atomic E-state index is 4.73. The molecule has 0 atom stereocenters. The monoisotopic (exact) mass is 346 g/mol. The van der Waals surface area contributed by atoms with Crippen molar-refractivity contribution < 1.29 is 0 Å². The quantitative estimate of drug-likeness (QED) is 0.419. The molecule has 0 bridgehead atoms. The van der Waals surface area contributed by atoms with Gasteiger partial charge in [0, 0.05) is 36.9 Å². The standard InChI is InChI=1S/C20H22N6/c1-6-14(3)23-20(24-18-11-13(2)7-9-21-18)19-15(4)16(12-26(19)5)17-8-10-22-25-17/h6-12H,1,3H2,2,4-5H3,(H,22,25)(H,21,23,24). The lowest BCUT2D eigenvalue weighted by Gasteiger charge is -2.12. The third-order valence-corrected chi connectivity index (χ3v) is 4.10. The number of aromatic amines is 1. The Hall–Kier alpha value is -3.41. The van der Waals surface area contributed by atoms with Crippen molar-refractivity contribution in [3.05, 3.63) is 78.5 Å². The van der Waals surface area contributed by atoms with Crippen LogP contribution in [0.2, 0.25) is 0 Å². The highest BCUT2D eigenvalue weighted by molar-refractivity contribution is 6.02. The zero-order chi connectivity index (χ0) is 18.7. The Morgan fingerprint density at radius 2 is 2.12 bits per heavy atom. The van der Waals surface area contributed by atoms with Gasteiger partial charge in [0.05, 0.1) is 11.4 Å². The van der Waals surface area contributed by atoms with Gasteiger partial charge in [0.2, 0.25) is 0 Å². The summed E-state index contributed by atoms with van der Waals surface area (Å²) < 4.78 is 2.03. The lowest BCUT2D eigenvalue weighted by molar-refractivity contribution is 0.900. The lowest BCUT2D eigenvalue weighted by Crippen LogP contribution is -2.25. The fourth-order valence-corrected chi connectivity index (χ4v) is 2.81. The number of nitrogens with zero attached hydrogens (tertiary/aromatic N) is 4. The van der Waals surface area contributed by atoms with Crippen molar-refractivity contribution in [1.82, 2.24) is 25.1 Å². The number of hydrogen-bond donors (Lipinski definition) is 2. The molecule has 26 heavy (non-hydrogen) atoms. The molecule has 0 aromatic carbocycles. The molecule has 3 rings (SSSR count). The highest BCUT2D eigenvalue weighted by Crippen LogP contribution is 2.26. The van der Waals surface area contributed by atoms with Crippen molar-refractivity contribution in [3.8, 4) is 11.3 Å². The van der Waals surface area contributed by atoms with Gasteiger partial charge < -0.3 is 9.88 Å². The third kappa shape index (κ3) is 3.49. The Morgan fingerprint density at radius 1 is 1.31 bits per heavy atom. The summed E-state index contributed by atoms with van der Waals surface area (Å²) in [5, 5.41) is 10.3. The first-order chi connectivity index (χ1) is 12.5. The summed E-state index contributed by atoms with van der Waals surface area (Å²) in [5.41, 5.74) is 5.81. The molecule has 0 unspecified atom stereocenters. The van der Waals surface area contributed by atoms with Crippen LogP contribution in [0.3, 0.4) is 0 Å². The number of aryl methyl sites for hydroxylation is 2. The van der Waals surface area contributed by atoms with Gasteiger partial charge in [0.25, 0.3) is 0 Å². The molecule has 3 heterocycles. The van der Waals surface area contributed by atoms with E-state index in [9.17, 15) is 0 Å². The summed E-state index contributed by atoms with van der Waals surface area (Å²) in [6.07, 6.45) is 7.20. The highest BCUT2D eigenvalue weighted by atomic mass is 15.1. The second-order valence-corrected chi connectivity index (χ2v) is 6.10. The largest absolute Gasteiger partial charge is 0.347 e. The minimum atomic E-state index is 0.632. The summed E-state index contributed by atoms with van der Waals surface area (Å²) in [5.74, 6) is 1.30. The van der Waals surface area contributed by atoms with Crippen molar-refractivity contribution >= 4 is 11.7 Å². The molecule has 0 spiro atoms. The average molecular weight is 346 g/mol. The van der Waals surface area contributed by atoms with Crippen molar-refractivity contribution in [3.63, 3.8) is 0 Å². The van der Waals surface area contributed by atoms with Gasteiger partial charge in [-0.05, 0) is 49.2 Å². The number of H-pyrrole nitrogens is 1. The van der Waals surface area contributed by atoms with Crippen LogP contribution in [0.15, 0.2) is 66.7 Å². The van der Waals surface area contributed by atoms with Gasteiger partial charge in [-0.2, -0.15) is 5.10 Å². The van der Waals surface area contributed by atoms with Gasteiger partial charge >= 0.3 is 0 Å². The molecule has 0 amide bonds. The van der Waals surface area contributed by atoms with Crippen LogP contribution >= 0.6 is 0 Å². The predicted octanol–water partition coefficient (Wildman–Crippen LogP) is 3.79. The number of rotatable bonds is 5. The van der Waals surface area contributed by atoms with Crippen LogP contribution in [-0.4, -0.2) is 25.6 Å². The van der Waals surface area contributed by atoms with E-state index in [1.54, 1.807) is 18.5 Å². The molecule has 0 fully saturated rings. The Morgan fingerprint density at radius 3 is 2.77 bits per heavy atom. The molecule has 2 N–H and O–H groups in total. The van der Waals surface area contributed by atoms with Crippen molar-refractivity contribution in [1.29, 1.82) is 0 Å². The van der Waals surface area contributed by atoms with Crippen LogP contribution in [0, 0.1) is 13.8 Å². The topological polar surface area (TPSA) is 70.9 Å². The van der Waals surface area contributed by atoms with Crippen LogP contribution in [0.25, 0.3) is 11.3 Å². The van der Waals surface area contributed by atoms with Gasteiger partial charge in [-0.1, -0.05) is 13.2 Å². The Bertz CT molecular complexity index is 976. The fraction of sp³-hybridized carbons (Fsp3) is 0.150. The molecule has 6 nitrogen and oxygen atoms in total. The number of aromatic nitrogens is 4. The minimum absolute atomic E-state index is 0.632. The number of pyridine rings is 1. The first kappa shape index (κ1) is 17.4.